The van der Waals surface area contributed by atoms with Gasteiger partial charge in [0.1, 0.15) is 10.9 Å². The lowest BCUT2D eigenvalue weighted by atomic mass is 10.1. The molecule has 0 aliphatic heterocycles. The summed E-state index contributed by atoms with van der Waals surface area (Å²) in [6.07, 6.45) is 2.93. The topological polar surface area (TPSA) is 108 Å². The van der Waals surface area contributed by atoms with Crippen molar-refractivity contribution < 1.29 is 9.21 Å². The van der Waals surface area contributed by atoms with Gasteiger partial charge in [0, 0.05) is 11.3 Å². The quantitative estimate of drug-likeness (QED) is 0.542. The number of amides is 1. The van der Waals surface area contributed by atoms with Crippen LogP contribution < -0.4 is 5.32 Å². The van der Waals surface area contributed by atoms with Gasteiger partial charge in [-0.05, 0) is 49.6 Å². The molecule has 0 unspecified atom stereocenters. The van der Waals surface area contributed by atoms with Crippen LogP contribution in [-0.2, 0) is 4.79 Å². The number of aromatic amines is 1. The Morgan fingerprint density at radius 3 is 2.76 bits per heavy atom. The fourth-order valence-electron chi connectivity index (χ4n) is 3.30. The summed E-state index contributed by atoms with van der Waals surface area (Å²) >= 11 is 0. The number of hydrogen-bond donors (Lipinski definition) is 2. The van der Waals surface area contributed by atoms with Crippen molar-refractivity contribution in [2.24, 2.45) is 5.41 Å². The Morgan fingerprint density at radius 1 is 1.24 bits per heavy atom. The van der Waals surface area contributed by atoms with E-state index < -0.39 is 5.41 Å². The van der Waals surface area contributed by atoms with Crippen molar-refractivity contribution in [1.82, 2.24) is 15.2 Å². The van der Waals surface area contributed by atoms with Crippen LogP contribution in [0, 0.1) is 23.7 Å². The molecule has 7 heteroatoms. The normalized spacial score (nSPS) is 14.5. The average molecular weight is 383 g/mol. The van der Waals surface area contributed by atoms with E-state index in [1.807, 2.05) is 37.3 Å². The van der Waals surface area contributed by atoms with E-state index in [2.05, 4.69) is 26.6 Å². The number of nitrogens with zero attached hydrogens (tertiary/aromatic N) is 3. The Balaban J connectivity index is 1.43. The minimum absolute atomic E-state index is 0.239. The Hall–Kier alpha value is -3.92. The second-order valence-electron chi connectivity index (χ2n) is 7.37. The van der Waals surface area contributed by atoms with Crippen LogP contribution in [0.5, 0.6) is 0 Å². The van der Waals surface area contributed by atoms with Gasteiger partial charge >= 0.3 is 0 Å². The number of H-pyrrole nitrogens is 1. The summed E-state index contributed by atoms with van der Waals surface area (Å²) in [4.78, 5) is 16.8. The van der Waals surface area contributed by atoms with E-state index in [0.717, 1.165) is 33.5 Å². The zero-order valence-electron chi connectivity index (χ0n) is 15.7. The first kappa shape index (κ1) is 17.2. The van der Waals surface area contributed by atoms with Gasteiger partial charge in [-0.1, -0.05) is 18.2 Å². The number of hydrogen-bond acceptors (Lipinski definition) is 5. The van der Waals surface area contributed by atoms with E-state index in [0.29, 0.717) is 24.4 Å². The molecule has 1 aliphatic carbocycles. The molecular formula is C22H17N5O2. The van der Waals surface area contributed by atoms with Crippen molar-refractivity contribution in [2.75, 3.05) is 5.32 Å². The number of carbonyl (C=O) groups is 1. The number of nitrogens with one attached hydrogen (secondary N) is 2. The zero-order valence-corrected chi connectivity index (χ0v) is 15.7. The highest BCUT2D eigenvalue weighted by atomic mass is 16.3. The third-order valence-electron chi connectivity index (χ3n) is 5.24. The summed E-state index contributed by atoms with van der Waals surface area (Å²) in [5.41, 5.74) is 4.86. The van der Waals surface area contributed by atoms with Crippen LogP contribution in [0.15, 0.2) is 53.1 Å². The van der Waals surface area contributed by atoms with Gasteiger partial charge in [-0.3, -0.25) is 9.89 Å². The van der Waals surface area contributed by atoms with Crippen LogP contribution in [0.2, 0.25) is 0 Å². The smallest absolute Gasteiger partial charge is 0.244 e. The van der Waals surface area contributed by atoms with Crippen LogP contribution in [0.4, 0.5) is 5.69 Å². The fourth-order valence-corrected chi connectivity index (χ4v) is 3.30. The molecule has 2 aromatic carbocycles. The predicted octanol–water partition coefficient (Wildman–Crippen LogP) is 4.44. The Morgan fingerprint density at radius 2 is 2.03 bits per heavy atom. The minimum atomic E-state index is -0.847. The van der Waals surface area contributed by atoms with E-state index in [1.165, 1.54) is 0 Å². The summed E-state index contributed by atoms with van der Waals surface area (Å²) in [5, 5.41) is 19.1. The van der Waals surface area contributed by atoms with Crippen LogP contribution in [-0.4, -0.2) is 21.1 Å². The zero-order chi connectivity index (χ0) is 20.0. The maximum atomic E-state index is 12.2. The highest BCUT2D eigenvalue weighted by Gasteiger charge is 2.50. The molecule has 1 fully saturated rings. The molecule has 7 nitrogen and oxygen atoms in total. The Labute approximate surface area is 166 Å². The molecule has 2 heterocycles. The molecule has 1 saturated carbocycles. The summed E-state index contributed by atoms with van der Waals surface area (Å²) in [7, 11) is 0. The number of nitriles is 1. The molecule has 1 amide bonds. The molecule has 0 bridgehead atoms. The summed E-state index contributed by atoms with van der Waals surface area (Å²) < 4.78 is 5.93. The van der Waals surface area contributed by atoms with Gasteiger partial charge < -0.3 is 9.73 Å². The maximum absolute atomic E-state index is 12.2. The molecular weight excluding hydrogens is 366 g/mol. The highest BCUT2D eigenvalue weighted by Crippen LogP contribution is 2.45. The first-order valence-electron chi connectivity index (χ1n) is 9.32. The molecule has 142 valence electrons. The van der Waals surface area contributed by atoms with Crippen molar-refractivity contribution in [2.45, 2.75) is 19.8 Å². The van der Waals surface area contributed by atoms with Gasteiger partial charge in [-0.2, -0.15) is 10.4 Å². The number of aromatic nitrogens is 3. The van der Waals surface area contributed by atoms with Gasteiger partial charge in [-0.25, -0.2) is 4.98 Å². The standard InChI is InChI=1S/C22H17N5O2/c1-13-2-7-17-18(10-13)29-20(26-17)16-11-24-27-19(16)14-3-5-15(6-4-14)25-21(28)22(12-23)8-9-22/h2-7,10-11H,8-9H2,1H3,(H,24,27)(H,25,28). The molecule has 4 aromatic rings. The van der Waals surface area contributed by atoms with E-state index in [4.69, 9.17) is 9.68 Å². The van der Waals surface area contributed by atoms with E-state index in [9.17, 15) is 4.79 Å². The molecule has 2 N–H and O–H groups in total. The van der Waals surface area contributed by atoms with Gasteiger partial charge in [-0.15, -0.1) is 0 Å². The third-order valence-corrected chi connectivity index (χ3v) is 5.24. The molecule has 0 saturated heterocycles. The van der Waals surface area contributed by atoms with Crippen molar-refractivity contribution >= 4 is 22.7 Å². The van der Waals surface area contributed by atoms with Gasteiger partial charge in [0.15, 0.2) is 5.58 Å². The summed E-state index contributed by atoms with van der Waals surface area (Å²) in [6, 6.07) is 15.4. The monoisotopic (exact) mass is 383 g/mol. The Bertz CT molecular complexity index is 1270. The molecule has 29 heavy (non-hydrogen) atoms. The summed E-state index contributed by atoms with van der Waals surface area (Å²) in [6.45, 7) is 2.01. The van der Waals surface area contributed by atoms with Crippen molar-refractivity contribution in [3.63, 3.8) is 0 Å². The van der Waals surface area contributed by atoms with Crippen LogP contribution in [0.25, 0.3) is 33.8 Å². The minimum Gasteiger partial charge on any atom is -0.436 e. The average Bonchev–Trinajstić information content (AvgIpc) is 3.18. The largest absolute Gasteiger partial charge is 0.436 e. The molecule has 2 aromatic heterocycles. The Kier molecular flexibility index (Phi) is 3.74. The second-order valence-corrected chi connectivity index (χ2v) is 7.37. The second kappa shape index (κ2) is 6.31. The number of rotatable bonds is 4. The highest BCUT2D eigenvalue weighted by molar-refractivity contribution is 5.99. The van der Waals surface area contributed by atoms with Gasteiger partial charge in [0.05, 0.1) is 23.5 Å². The molecule has 1 aliphatic rings. The number of oxazole rings is 1. The lowest BCUT2D eigenvalue weighted by Gasteiger charge is -2.09. The molecule has 0 atom stereocenters. The first-order chi connectivity index (χ1) is 14.1. The van der Waals surface area contributed by atoms with Crippen molar-refractivity contribution in [1.29, 1.82) is 5.26 Å². The van der Waals surface area contributed by atoms with Crippen LogP contribution in [0.1, 0.15) is 18.4 Å². The van der Waals surface area contributed by atoms with Crippen LogP contribution >= 0.6 is 0 Å². The third kappa shape index (κ3) is 2.95. The number of benzene rings is 2. The fraction of sp³-hybridized carbons (Fsp3) is 0.182. The van der Waals surface area contributed by atoms with Gasteiger partial charge in [0.25, 0.3) is 0 Å². The van der Waals surface area contributed by atoms with Crippen molar-refractivity contribution in [3.8, 4) is 28.8 Å². The lowest BCUT2D eigenvalue weighted by molar-refractivity contribution is -0.119. The van der Waals surface area contributed by atoms with Gasteiger partial charge in [0.2, 0.25) is 11.8 Å². The lowest BCUT2D eigenvalue weighted by Crippen LogP contribution is -2.22. The number of anilines is 1. The summed E-state index contributed by atoms with van der Waals surface area (Å²) in [5.74, 6) is 0.258. The van der Waals surface area contributed by atoms with Crippen molar-refractivity contribution in [3.05, 3.63) is 54.2 Å². The van der Waals surface area contributed by atoms with E-state index >= 15 is 0 Å². The SMILES string of the molecule is Cc1ccc2nc(-c3cn[nH]c3-c3ccc(NC(=O)C4(C#N)CC4)cc3)oc2c1. The number of aryl methyl sites for hydroxylation is 1. The molecule has 0 spiro atoms. The van der Waals surface area contributed by atoms with Crippen LogP contribution in [0.3, 0.4) is 0 Å². The first-order valence-corrected chi connectivity index (χ1v) is 9.32. The van der Waals surface area contributed by atoms with E-state index in [-0.39, 0.29) is 5.91 Å². The molecule has 0 radical (unpaired) electrons. The number of fused-ring (bicyclic) bond motifs is 1. The predicted molar refractivity (Wildman–Crippen MR) is 108 cm³/mol. The van der Waals surface area contributed by atoms with E-state index in [1.54, 1.807) is 18.3 Å². The number of carbonyl (C=O) groups excluding carboxylic acids is 1. The molecule has 5 rings (SSSR count). The maximum Gasteiger partial charge on any atom is 0.244 e.